The zero-order valence-electron chi connectivity index (χ0n) is 16.5. The van der Waals surface area contributed by atoms with Crippen molar-refractivity contribution in [2.45, 2.75) is 32.4 Å². The molecule has 0 fully saturated rings. The van der Waals surface area contributed by atoms with Crippen LogP contribution in [0.25, 0.3) is 10.8 Å². The highest BCUT2D eigenvalue weighted by atomic mass is 19.4. The predicted molar refractivity (Wildman–Crippen MR) is 106 cm³/mol. The van der Waals surface area contributed by atoms with E-state index in [0.29, 0.717) is 5.39 Å². The first kappa shape index (κ1) is 22.5. The zero-order valence-corrected chi connectivity index (χ0v) is 16.5. The van der Waals surface area contributed by atoms with E-state index in [1.54, 1.807) is 12.1 Å². The summed E-state index contributed by atoms with van der Waals surface area (Å²) in [7, 11) is 0. The van der Waals surface area contributed by atoms with Gasteiger partial charge in [-0.2, -0.15) is 13.2 Å². The van der Waals surface area contributed by atoms with Gasteiger partial charge in [0.05, 0.1) is 5.56 Å². The van der Waals surface area contributed by atoms with Crippen LogP contribution in [0.15, 0.2) is 42.5 Å². The number of fused-ring (bicyclic) bond motifs is 1. The van der Waals surface area contributed by atoms with Crippen molar-refractivity contribution >= 4 is 10.8 Å². The summed E-state index contributed by atoms with van der Waals surface area (Å²) in [6.45, 7) is 0.265. The van der Waals surface area contributed by atoms with Crippen LogP contribution >= 0.6 is 0 Å². The summed E-state index contributed by atoms with van der Waals surface area (Å²) >= 11 is 0. The molecule has 0 amide bonds. The number of hydrogen-bond acceptors (Lipinski definition) is 1. The number of rotatable bonds is 5. The molecule has 3 aromatic carbocycles. The fourth-order valence-electron chi connectivity index (χ4n) is 3.04. The first-order valence-electron chi connectivity index (χ1n) is 9.59. The molecule has 3 rings (SSSR count). The SMILES string of the molecule is CCCCc1ccc2c(F)c(C#Cc3cc(F)c(OCC(F)(F)F)c(F)c3)ccc2c1. The molecule has 0 heterocycles. The standard InChI is InChI=1S/C24H18F6O/c1-2-3-4-15-6-10-19-18(11-15)9-8-17(22(19)27)7-5-16-12-20(25)23(21(26)13-16)31-14-24(28,29)30/h6,8-13H,2-4,14H2,1H3. The minimum atomic E-state index is -4.73. The van der Waals surface area contributed by atoms with E-state index < -0.39 is 36.0 Å². The number of alkyl halides is 3. The van der Waals surface area contributed by atoms with E-state index in [0.717, 1.165) is 42.3 Å². The van der Waals surface area contributed by atoms with Crippen LogP contribution in [0.5, 0.6) is 5.75 Å². The van der Waals surface area contributed by atoms with E-state index in [1.165, 1.54) is 6.07 Å². The highest BCUT2D eigenvalue weighted by molar-refractivity contribution is 5.85. The molecule has 0 bridgehead atoms. The molecule has 0 atom stereocenters. The predicted octanol–water partition coefficient (Wildman–Crippen LogP) is 6.94. The molecule has 162 valence electrons. The molecule has 0 spiro atoms. The third kappa shape index (κ3) is 5.72. The van der Waals surface area contributed by atoms with Crippen LogP contribution in [-0.4, -0.2) is 12.8 Å². The molecule has 0 aliphatic carbocycles. The van der Waals surface area contributed by atoms with Crippen molar-refractivity contribution in [2.75, 3.05) is 6.61 Å². The molecule has 0 radical (unpaired) electrons. The van der Waals surface area contributed by atoms with Crippen molar-refractivity contribution in [2.24, 2.45) is 0 Å². The van der Waals surface area contributed by atoms with E-state index >= 15 is 0 Å². The second-order valence-electron chi connectivity index (χ2n) is 7.01. The van der Waals surface area contributed by atoms with Crippen LogP contribution in [0.1, 0.15) is 36.5 Å². The van der Waals surface area contributed by atoms with Gasteiger partial charge in [-0.15, -0.1) is 0 Å². The Kier molecular flexibility index (Phi) is 6.79. The highest BCUT2D eigenvalue weighted by Crippen LogP contribution is 2.26. The van der Waals surface area contributed by atoms with E-state index in [4.69, 9.17) is 0 Å². The van der Waals surface area contributed by atoms with Gasteiger partial charge in [0, 0.05) is 10.9 Å². The molecular formula is C24H18F6O. The Morgan fingerprint density at radius 1 is 0.903 bits per heavy atom. The monoisotopic (exact) mass is 436 g/mol. The van der Waals surface area contributed by atoms with Crippen LogP contribution in [0.3, 0.4) is 0 Å². The van der Waals surface area contributed by atoms with Gasteiger partial charge in [0.25, 0.3) is 0 Å². The maximum Gasteiger partial charge on any atom is 0.422 e. The minimum absolute atomic E-state index is 0.0343. The summed E-state index contributed by atoms with van der Waals surface area (Å²) in [6, 6.07) is 10.1. The van der Waals surface area contributed by atoms with Gasteiger partial charge in [-0.05, 0) is 42.0 Å². The smallest absolute Gasteiger partial charge is 0.422 e. The van der Waals surface area contributed by atoms with Crippen LogP contribution in [0.4, 0.5) is 26.3 Å². The van der Waals surface area contributed by atoms with Gasteiger partial charge in [0.15, 0.2) is 24.0 Å². The molecule has 31 heavy (non-hydrogen) atoms. The number of halogens is 6. The van der Waals surface area contributed by atoms with Gasteiger partial charge in [-0.1, -0.05) is 49.5 Å². The zero-order chi connectivity index (χ0) is 22.6. The topological polar surface area (TPSA) is 9.23 Å². The maximum absolute atomic E-state index is 14.8. The molecule has 3 aromatic rings. The van der Waals surface area contributed by atoms with Crippen molar-refractivity contribution in [3.8, 4) is 17.6 Å². The highest BCUT2D eigenvalue weighted by Gasteiger charge is 2.29. The number of ether oxygens (including phenoxy) is 1. The second-order valence-corrected chi connectivity index (χ2v) is 7.01. The molecule has 0 aliphatic rings. The van der Waals surface area contributed by atoms with Crippen LogP contribution in [-0.2, 0) is 6.42 Å². The number of hydrogen-bond donors (Lipinski definition) is 0. The summed E-state index contributed by atoms with van der Waals surface area (Å²) in [5, 5.41) is 1.10. The lowest BCUT2D eigenvalue weighted by Crippen LogP contribution is -2.20. The Morgan fingerprint density at radius 2 is 1.61 bits per heavy atom. The minimum Gasteiger partial charge on any atom is -0.478 e. The summed E-state index contributed by atoms with van der Waals surface area (Å²) in [5.74, 6) is 0.610. The largest absolute Gasteiger partial charge is 0.478 e. The van der Waals surface area contributed by atoms with Crippen molar-refractivity contribution in [1.29, 1.82) is 0 Å². The lowest BCUT2D eigenvalue weighted by molar-refractivity contribution is -0.154. The van der Waals surface area contributed by atoms with Crippen LogP contribution in [0.2, 0.25) is 0 Å². The van der Waals surface area contributed by atoms with Crippen LogP contribution < -0.4 is 4.74 Å². The number of unbranched alkanes of at least 4 members (excludes halogenated alkanes) is 1. The Balaban J connectivity index is 1.86. The summed E-state index contributed by atoms with van der Waals surface area (Å²) in [4.78, 5) is 0. The van der Waals surface area contributed by atoms with Gasteiger partial charge in [0.2, 0.25) is 0 Å². The quantitative estimate of drug-likeness (QED) is 0.311. The van der Waals surface area contributed by atoms with E-state index in [9.17, 15) is 26.3 Å². The molecular weight excluding hydrogens is 418 g/mol. The van der Waals surface area contributed by atoms with Gasteiger partial charge >= 0.3 is 6.18 Å². The maximum atomic E-state index is 14.8. The third-order valence-corrected chi connectivity index (χ3v) is 4.56. The Hall–Kier alpha value is -3.14. The summed E-state index contributed by atoms with van der Waals surface area (Å²) < 4.78 is 83.5. The van der Waals surface area contributed by atoms with Gasteiger partial charge < -0.3 is 4.74 Å². The average Bonchev–Trinajstić information content (AvgIpc) is 2.70. The summed E-state index contributed by atoms with van der Waals surface area (Å²) in [5.41, 5.74) is 0.974. The van der Waals surface area contributed by atoms with Crippen molar-refractivity contribution in [3.63, 3.8) is 0 Å². The van der Waals surface area contributed by atoms with Crippen LogP contribution in [0, 0.1) is 29.3 Å². The molecule has 0 saturated carbocycles. The average molecular weight is 436 g/mol. The Labute approximate surface area is 175 Å². The molecule has 0 aromatic heterocycles. The van der Waals surface area contributed by atoms with E-state index in [1.807, 2.05) is 12.1 Å². The normalized spacial score (nSPS) is 11.3. The molecule has 0 saturated heterocycles. The fraction of sp³-hybridized carbons (Fsp3) is 0.250. The first-order valence-corrected chi connectivity index (χ1v) is 9.59. The lowest BCUT2D eigenvalue weighted by atomic mass is 10.0. The molecule has 7 heteroatoms. The second kappa shape index (κ2) is 9.34. The lowest BCUT2D eigenvalue weighted by Gasteiger charge is -2.10. The first-order chi connectivity index (χ1) is 14.7. The van der Waals surface area contributed by atoms with E-state index in [2.05, 4.69) is 23.5 Å². The summed E-state index contributed by atoms with van der Waals surface area (Å²) in [6.07, 6.45) is -1.75. The van der Waals surface area contributed by atoms with Crippen molar-refractivity contribution in [3.05, 3.63) is 76.6 Å². The molecule has 0 aliphatic heterocycles. The Bertz CT molecular complexity index is 1130. The fourth-order valence-corrected chi connectivity index (χ4v) is 3.04. The van der Waals surface area contributed by atoms with E-state index in [-0.39, 0.29) is 11.1 Å². The van der Waals surface area contributed by atoms with Crippen molar-refractivity contribution in [1.82, 2.24) is 0 Å². The van der Waals surface area contributed by atoms with Gasteiger partial charge in [-0.3, -0.25) is 0 Å². The number of aryl methyl sites for hydroxylation is 1. The Morgan fingerprint density at radius 3 is 2.26 bits per heavy atom. The van der Waals surface area contributed by atoms with Gasteiger partial charge in [0.1, 0.15) is 5.82 Å². The van der Waals surface area contributed by atoms with Crippen molar-refractivity contribution < 1.29 is 31.1 Å². The number of benzene rings is 3. The molecule has 0 N–H and O–H groups in total. The van der Waals surface area contributed by atoms with Gasteiger partial charge in [-0.25, -0.2) is 13.2 Å². The molecule has 0 unspecified atom stereocenters. The molecule has 1 nitrogen and oxygen atoms in total. The third-order valence-electron chi connectivity index (χ3n) is 4.56.